The van der Waals surface area contributed by atoms with Crippen molar-refractivity contribution < 1.29 is 4.79 Å². The normalized spacial score (nSPS) is 14.0. The molecular formula is C15H24N6OS. The summed E-state index contributed by atoms with van der Waals surface area (Å²) in [5, 5.41) is 17.3. The summed E-state index contributed by atoms with van der Waals surface area (Å²) in [5.74, 6) is 0.544. The molecule has 0 saturated carbocycles. The molecular weight excluding hydrogens is 312 g/mol. The van der Waals surface area contributed by atoms with Crippen molar-refractivity contribution in [3.63, 3.8) is 0 Å². The van der Waals surface area contributed by atoms with Gasteiger partial charge >= 0.3 is 0 Å². The van der Waals surface area contributed by atoms with Gasteiger partial charge in [-0.05, 0) is 22.3 Å². The number of aromatic nitrogens is 5. The van der Waals surface area contributed by atoms with Crippen LogP contribution in [0.1, 0.15) is 56.8 Å². The van der Waals surface area contributed by atoms with E-state index in [-0.39, 0.29) is 17.9 Å². The minimum atomic E-state index is -0.377. The predicted molar refractivity (Wildman–Crippen MR) is 89.2 cm³/mol. The molecule has 8 heteroatoms. The summed E-state index contributed by atoms with van der Waals surface area (Å²) in [6.45, 7) is 8.91. The lowest BCUT2D eigenvalue weighted by Crippen LogP contribution is -2.37. The summed E-state index contributed by atoms with van der Waals surface area (Å²) in [4.78, 5) is 17.1. The average molecular weight is 336 g/mol. The van der Waals surface area contributed by atoms with Crippen LogP contribution in [-0.2, 0) is 11.2 Å². The van der Waals surface area contributed by atoms with Crippen molar-refractivity contribution in [1.29, 1.82) is 0 Å². The molecule has 0 bridgehead atoms. The first kappa shape index (κ1) is 17.5. The van der Waals surface area contributed by atoms with Crippen LogP contribution in [0.5, 0.6) is 0 Å². The Balaban J connectivity index is 1.91. The van der Waals surface area contributed by atoms with Crippen LogP contribution in [0.3, 0.4) is 0 Å². The van der Waals surface area contributed by atoms with Crippen molar-refractivity contribution in [3.8, 4) is 0 Å². The van der Waals surface area contributed by atoms with Crippen LogP contribution in [-0.4, -0.2) is 37.6 Å². The molecule has 0 saturated heterocycles. The first-order valence-electron chi connectivity index (χ1n) is 7.97. The number of nitrogens with zero attached hydrogens (tertiary/aromatic N) is 5. The van der Waals surface area contributed by atoms with E-state index in [2.05, 4.69) is 52.0 Å². The number of tetrazole rings is 1. The van der Waals surface area contributed by atoms with Crippen LogP contribution in [0.2, 0.25) is 0 Å². The smallest absolute Gasteiger partial charge is 0.245 e. The Morgan fingerprint density at radius 1 is 1.39 bits per heavy atom. The molecule has 0 aliphatic rings. The molecule has 1 N–H and O–H groups in total. The summed E-state index contributed by atoms with van der Waals surface area (Å²) < 4.78 is 1.53. The van der Waals surface area contributed by atoms with Crippen LogP contribution in [0.15, 0.2) is 11.7 Å². The van der Waals surface area contributed by atoms with Gasteiger partial charge < -0.3 is 5.32 Å². The number of carbonyl (C=O) groups excluding carboxylic acids is 1. The first-order valence-corrected chi connectivity index (χ1v) is 8.85. The van der Waals surface area contributed by atoms with Crippen molar-refractivity contribution in [2.45, 2.75) is 52.5 Å². The molecule has 0 radical (unpaired) electrons. The Morgan fingerprint density at radius 2 is 2.17 bits per heavy atom. The molecule has 126 valence electrons. The van der Waals surface area contributed by atoms with Gasteiger partial charge in [0, 0.05) is 18.3 Å². The highest BCUT2D eigenvalue weighted by molar-refractivity contribution is 7.09. The number of nitrogens with one attached hydrogen (secondary N) is 1. The fourth-order valence-corrected chi connectivity index (χ4v) is 3.22. The molecule has 2 aromatic heterocycles. The predicted octanol–water partition coefficient (Wildman–Crippen LogP) is 2.20. The van der Waals surface area contributed by atoms with Gasteiger partial charge in [-0.3, -0.25) is 4.79 Å². The lowest BCUT2D eigenvalue weighted by Gasteiger charge is -2.21. The number of thiazole rings is 1. The highest BCUT2D eigenvalue weighted by Gasteiger charge is 2.26. The standard InChI is InChI=1S/C15H24N6OS/c1-5-11(4)14(21-9-17-19-20-21)15(22)16-7-6-13-18-12(8-23-13)10(2)3/h8-11,14H,5-7H2,1-4H3,(H,16,22). The molecule has 2 unspecified atom stereocenters. The second-order valence-corrected chi connectivity index (χ2v) is 6.92. The maximum absolute atomic E-state index is 12.5. The minimum Gasteiger partial charge on any atom is -0.354 e. The summed E-state index contributed by atoms with van der Waals surface area (Å²) in [7, 11) is 0. The molecule has 0 aromatic carbocycles. The van der Waals surface area contributed by atoms with Gasteiger partial charge in [0.25, 0.3) is 0 Å². The van der Waals surface area contributed by atoms with E-state index in [0.29, 0.717) is 12.5 Å². The van der Waals surface area contributed by atoms with Gasteiger partial charge in [-0.2, -0.15) is 0 Å². The Bertz CT molecular complexity index is 609. The molecule has 0 fully saturated rings. The van der Waals surface area contributed by atoms with Crippen LogP contribution < -0.4 is 5.32 Å². The van der Waals surface area contributed by atoms with Gasteiger partial charge in [-0.25, -0.2) is 9.67 Å². The molecule has 7 nitrogen and oxygen atoms in total. The SMILES string of the molecule is CCC(C)C(C(=O)NCCc1nc(C(C)C)cs1)n1cnnn1. The molecule has 2 aromatic rings. The quantitative estimate of drug-likeness (QED) is 0.799. The molecule has 23 heavy (non-hydrogen) atoms. The topological polar surface area (TPSA) is 85.6 Å². The monoisotopic (exact) mass is 336 g/mol. The van der Waals surface area contributed by atoms with E-state index in [4.69, 9.17) is 0 Å². The van der Waals surface area contributed by atoms with Crippen LogP contribution in [0, 0.1) is 5.92 Å². The van der Waals surface area contributed by atoms with E-state index < -0.39 is 0 Å². The first-order chi connectivity index (χ1) is 11.0. The fraction of sp³-hybridized carbons (Fsp3) is 0.667. The maximum Gasteiger partial charge on any atom is 0.245 e. The Hall–Kier alpha value is -1.83. The molecule has 0 aliphatic carbocycles. The van der Waals surface area contributed by atoms with Crippen LogP contribution in [0.25, 0.3) is 0 Å². The van der Waals surface area contributed by atoms with Crippen LogP contribution >= 0.6 is 11.3 Å². The van der Waals surface area contributed by atoms with Crippen molar-refractivity contribution in [2.24, 2.45) is 5.92 Å². The van der Waals surface area contributed by atoms with Gasteiger partial charge in [-0.1, -0.05) is 34.1 Å². The second-order valence-electron chi connectivity index (χ2n) is 5.98. The summed E-state index contributed by atoms with van der Waals surface area (Å²) >= 11 is 1.65. The minimum absolute atomic E-state index is 0.0488. The van der Waals surface area contributed by atoms with Gasteiger partial charge in [0.2, 0.25) is 5.91 Å². The molecule has 0 spiro atoms. The molecule has 0 aliphatic heterocycles. The zero-order valence-corrected chi connectivity index (χ0v) is 14.9. The number of carbonyl (C=O) groups is 1. The highest BCUT2D eigenvalue weighted by atomic mass is 32.1. The van der Waals surface area contributed by atoms with Gasteiger partial charge in [0.1, 0.15) is 12.4 Å². The number of hydrogen-bond donors (Lipinski definition) is 1. The number of amides is 1. The Kier molecular flexibility index (Phi) is 6.20. The van der Waals surface area contributed by atoms with Crippen molar-refractivity contribution >= 4 is 17.2 Å². The third-order valence-electron chi connectivity index (χ3n) is 3.90. The van der Waals surface area contributed by atoms with Gasteiger partial charge in [0.05, 0.1) is 10.7 Å². The van der Waals surface area contributed by atoms with Gasteiger partial charge in [-0.15, -0.1) is 16.4 Å². The van der Waals surface area contributed by atoms with Crippen molar-refractivity contribution in [3.05, 3.63) is 22.4 Å². The fourth-order valence-electron chi connectivity index (χ4n) is 2.26. The number of rotatable bonds is 8. The highest BCUT2D eigenvalue weighted by Crippen LogP contribution is 2.20. The summed E-state index contributed by atoms with van der Waals surface area (Å²) in [6.07, 6.45) is 3.11. The van der Waals surface area contributed by atoms with Crippen LogP contribution in [0.4, 0.5) is 0 Å². The molecule has 1 amide bonds. The third-order valence-corrected chi connectivity index (χ3v) is 4.83. The second kappa shape index (κ2) is 8.14. The lowest BCUT2D eigenvalue weighted by molar-refractivity contribution is -0.126. The molecule has 2 heterocycles. The summed E-state index contributed by atoms with van der Waals surface area (Å²) in [6, 6.07) is -0.377. The molecule has 2 rings (SSSR count). The van der Waals surface area contributed by atoms with E-state index in [1.807, 2.05) is 6.92 Å². The Morgan fingerprint density at radius 3 is 2.74 bits per heavy atom. The van der Waals surface area contributed by atoms with Crippen molar-refractivity contribution in [1.82, 2.24) is 30.5 Å². The molecule has 2 atom stereocenters. The largest absolute Gasteiger partial charge is 0.354 e. The van der Waals surface area contributed by atoms with Gasteiger partial charge in [0.15, 0.2) is 0 Å². The number of hydrogen-bond acceptors (Lipinski definition) is 6. The lowest BCUT2D eigenvalue weighted by atomic mass is 9.98. The third kappa shape index (κ3) is 4.57. The van der Waals surface area contributed by atoms with E-state index in [9.17, 15) is 4.79 Å². The van der Waals surface area contributed by atoms with E-state index in [1.165, 1.54) is 11.0 Å². The van der Waals surface area contributed by atoms with E-state index >= 15 is 0 Å². The van der Waals surface area contributed by atoms with E-state index in [1.54, 1.807) is 11.3 Å². The van der Waals surface area contributed by atoms with E-state index in [0.717, 1.165) is 23.5 Å². The average Bonchev–Trinajstić information content (AvgIpc) is 3.19. The Labute approximate surface area is 140 Å². The van der Waals surface area contributed by atoms with Crippen molar-refractivity contribution in [2.75, 3.05) is 6.54 Å². The summed E-state index contributed by atoms with van der Waals surface area (Å²) in [5.41, 5.74) is 1.11. The maximum atomic E-state index is 12.5. The zero-order valence-electron chi connectivity index (χ0n) is 14.1. The zero-order chi connectivity index (χ0) is 16.8.